The van der Waals surface area contributed by atoms with Gasteiger partial charge in [-0.2, -0.15) is 0 Å². The highest BCUT2D eigenvalue weighted by Crippen LogP contribution is 2.39. The number of nitrogens with zero attached hydrogens (tertiary/aromatic N) is 3. The van der Waals surface area contributed by atoms with Crippen molar-refractivity contribution >= 4 is 40.9 Å². The van der Waals surface area contributed by atoms with Crippen LogP contribution in [0.1, 0.15) is 36.3 Å². The number of rotatable bonds is 9. The van der Waals surface area contributed by atoms with E-state index in [0.29, 0.717) is 16.6 Å². The lowest BCUT2D eigenvalue weighted by atomic mass is 10.0. The van der Waals surface area contributed by atoms with Crippen LogP contribution in [0, 0.1) is 0 Å². The summed E-state index contributed by atoms with van der Waals surface area (Å²) in [5, 5.41) is 3.26. The second-order valence-corrected chi connectivity index (χ2v) is 8.76. The molecule has 3 rings (SSSR count). The number of carbonyl (C=O) groups excluding carboxylic acids is 1. The maximum Gasteiger partial charge on any atom is 0.286 e. The average Bonchev–Trinajstić information content (AvgIpc) is 3.40. The monoisotopic (exact) mass is 430 g/mol. The standard InChI is InChI=1S/C20H22N4O3S2/c1-5-15-11-22-17(27-15)13(2)28-16-12-23-19(29-16)24-18(25)20(21-3,26-4)14-9-7-6-8-10-14/h6-13H,3,5H2,1-2,4H3,(H,23,24,25)/t13?,20-/m0/s1. The van der Waals surface area contributed by atoms with Gasteiger partial charge in [0.1, 0.15) is 5.76 Å². The Labute approximate surface area is 177 Å². The number of amides is 1. The molecule has 0 fully saturated rings. The second-order valence-electron chi connectivity index (χ2n) is 6.09. The number of methoxy groups -OCH3 is 1. The van der Waals surface area contributed by atoms with Crippen LogP contribution < -0.4 is 5.32 Å². The fraction of sp³-hybridized carbons (Fsp3) is 0.300. The average molecular weight is 431 g/mol. The highest BCUT2D eigenvalue weighted by atomic mass is 32.2. The Kier molecular flexibility index (Phi) is 6.83. The van der Waals surface area contributed by atoms with Crippen molar-refractivity contribution in [2.75, 3.05) is 12.4 Å². The number of nitrogens with one attached hydrogen (secondary N) is 1. The summed E-state index contributed by atoms with van der Waals surface area (Å²) in [7, 11) is 1.42. The zero-order chi connectivity index (χ0) is 20.9. The number of ether oxygens (including phenoxy) is 1. The first-order valence-electron chi connectivity index (χ1n) is 8.99. The number of hydrogen-bond acceptors (Lipinski definition) is 8. The van der Waals surface area contributed by atoms with Gasteiger partial charge in [0.15, 0.2) is 5.13 Å². The van der Waals surface area contributed by atoms with Crippen LogP contribution in [0.3, 0.4) is 0 Å². The van der Waals surface area contributed by atoms with Crippen molar-refractivity contribution in [2.24, 2.45) is 4.99 Å². The second kappa shape index (κ2) is 9.34. The van der Waals surface area contributed by atoms with Crippen molar-refractivity contribution in [3.05, 3.63) is 59.9 Å². The van der Waals surface area contributed by atoms with Gasteiger partial charge in [-0.1, -0.05) is 48.6 Å². The van der Waals surface area contributed by atoms with E-state index in [2.05, 4.69) is 27.0 Å². The summed E-state index contributed by atoms with van der Waals surface area (Å²) in [6, 6.07) is 9.02. The summed E-state index contributed by atoms with van der Waals surface area (Å²) in [6.45, 7) is 7.59. The molecule has 0 aliphatic carbocycles. The molecule has 9 heteroatoms. The summed E-state index contributed by atoms with van der Waals surface area (Å²) in [6.07, 6.45) is 4.27. The Balaban J connectivity index is 1.71. The van der Waals surface area contributed by atoms with Gasteiger partial charge in [0.25, 0.3) is 11.6 Å². The molecular weight excluding hydrogens is 408 g/mol. The predicted octanol–water partition coefficient (Wildman–Crippen LogP) is 4.69. The van der Waals surface area contributed by atoms with Gasteiger partial charge in [0.2, 0.25) is 5.89 Å². The van der Waals surface area contributed by atoms with Crippen LogP contribution in [-0.4, -0.2) is 29.7 Å². The number of aliphatic imine (C=N–C) groups is 1. The Morgan fingerprint density at radius 1 is 1.38 bits per heavy atom. The molecule has 0 aliphatic rings. The SMILES string of the molecule is C=N[C@@](OC)(C(=O)Nc1ncc(SC(C)c2ncc(CC)o2)s1)c1ccccc1. The zero-order valence-electron chi connectivity index (χ0n) is 16.4. The van der Waals surface area contributed by atoms with Crippen LogP contribution in [-0.2, 0) is 21.7 Å². The quantitative estimate of drug-likeness (QED) is 0.391. The molecule has 2 heterocycles. The van der Waals surface area contributed by atoms with Gasteiger partial charge >= 0.3 is 0 Å². The number of aryl methyl sites for hydroxylation is 1. The maximum atomic E-state index is 13.0. The predicted molar refractivity (Wildman–Crippen MR) is 116 cm³/mol. The van der Waals surface area contributed by atoms with Gasteiger partial charge in [0, 0.05) is 19.1 Å². The van der Waals surface area contributed by atoms with E-state index in [-0.39, 0.29) is 5.25 Å². The normalized spacial score (nSPS) is 14.2. The molecule has 0 bridgehead atoms. The molecule has 2 atom stereocenters. The molecule has 0 saturated heterocycles. The van der Waals surface area contributed by atoms with Gasteiger partial charge in [-0.15, -0.1) is 11.8 Å². The van der Waals surface area contributed by atoms with E-state index in [1.807, 2.05) is 32.0 Å². The first-order chi connectivity index (χ1) is 14.0. The maximum absolute atomic E-state index is 13.0. The number of thiazole rings is 1. The van der Waals surface area contributed by atoms with Crippen molar-refractivity contribution in [1.82, 2.24) is 9.97 Å². The van der Waals surface area contributed by atoms with Crippen molar-refractivity contribution in [3.63, 3.8) is 0 Å². The third-order valence-electron chi connectivity index (χ3n) is 4.26. The fourth-order valence-electron chi connectivity index (χ4n) is 2.69. The molecule has 1 aromatic carbocycles. The molecule has 0 saturated carbocycles. The number of oxazole rings is 1. The van der Waals surface area contributed by atoms with Crippen molar-refractivity contribution < 1.29 is 13.9 Å². The fourth-order valence-corrected chi connectivity index (χ4v) is 4.76. The molecular formula is C20H22N4O3S2. The highest BCUT2D eigenvalue weighted by molar-refractivity contribution is 8.01. The molecule has 1 amide bonds. The Morgan fingerprint density at radius 3 is 2.76 bits per heavy atom. The van der Waals surface area contributed by atoms with Gasteiger partial charge in [0.05, 0.1) is 21.9 Å². The summed E-state index contributed by atoms with van der Waals surface area (Å²) in [5.41, 5.74) is -0.951. The van der Waals surface area contributed by atoms with Crippen molar-refractivity contribution in [1.29, 1.82) is 0 Å². The Morgan fingerprint density at radius 2 is 2.14 bits per heavy atom. The van der Waals surface area contributed by atoms with Crippen LogP contribution in [0.5, 0.6) is 0 Å². The number of benzene rings is 1. The van der Waals surface area contributed by atoms with Gasteiger partial charge in [-0.05, 0) is 13.6 Å². The van der Waals surface area contributed by atoms with Crippen molar-refractivity contribution in [2.45, 2.75) is 35.5 Å². The topological polar surface area (TPSA) is 89.6 Å². The number of anilines is 1. The van der Waals surface area contributed by atoms with Crippen LogP contribution in [0.2, 0.25) is 0 Å². The molecule has 2 aromatic heterocycles. The summed E-state index contributed by atoms with van der Waals surface area (Å²) >= 11 is 2.93. The van der Waals surface area contributed by atoms with E-state index in [9.17, 15) is 4.79 Å². The van der Waals surface area contributed by atoms with Crippen LogP contribution in [0.4, 0.5) is 5.13 Å². The zero-order valence-corrected chi connectivity index (χ0v) is 18.0. The van der Waals surface area contributed by atoms with Gasteiger partial charge in [-0.25, -0.2) is 9.97 Å². The third-order valence-corrected chi connectivity index (χ3v) is 6.40. The van der Waals surface area contributed by atoms with E-state index in [4.69, 9.17) is 9.15 Å². The first-order valence-corrected chi connectivity index (χ1v) is 10.7. The van der Waals surface area contributed by atoms with Crippen LogP contribution >= 0.6 is 23.1 Å². The molecule has 0 radical (unpaired) electrons. The minimum atomic E-state index is -1.54. The highest BCUT2D eigenvalue weighted by Gasteiger charge is 2.40. The van der Waals surface area contributed by atoms with Crippen LogP contribution in [0.25, 0.3) is 0 Å². The van der Waals surface area contributed by atoms with E-state index in [1.54, 1.807) is 36.3 Å². The molecule has 0 aliphatic heterocycles. The summed E-state index contributed by atoms with van der Waals surface area (Å²) in [5.74, 6) is 1.07. The lowest BCUT2D eigenvalue weighted by molar-refractivity contribution is -0.137. The van der Waals surface area contributed by atoms with E-state index < -0.39 is 11.6 Å². The summed E-state index contributed by atoms with van der Waals surface area (Å²) < 4.78 is 12.1. The first kappa shape index (κ1) is 21.2. The minimum absolute atomic E-state index is 0.0246. The number of thioether (sulfide) groups is 1. The Hall–Kier alpha value is -2.49. The van der Waals surface area contributed by atoms with Crippen LogP contribution in [0.15, 0.2) is 56.3 Å². The number of hydrogen-bond donors (Lipinski definition) is 1. The largest absolute Gasteiger partial charge is 0.445 e. The molecule has 1 unspecified atom stereocenters. The lowest BCUT2D eigenvalue weighted by Crippen LogP contribution is -2.40. The molecule has 7 nitrogen and oxygen atoms in total. The molecule has 152 valence electrons. The van der Waals surface area contributed by atoms with E-state index in [0.717, 1.165) is 16.4 Å². The smallest absolute Gasteiger partial charge is 0.286 e. The third kappa shape index (κ3) is 4.58. The lowest BCUT2D eigenvalue weighted by Gasteiger charge is -2.26. The molecule has 1 N–H and O–H groups in total. The number of aromatic nitrogens is 2. The molecule has 3 aromatic rings. The minimum Gasteiger partial charge on any atom is -0.445 e. The molecule has 0 spiro atoms. The Bertz CT molecular complexity index is 973. The van der Waals surface area contributed by atoms with E-state index in [1.165, 1.54) is 18.4 Å². The van der Waals surface area contributed by atoms with E-state index >= 15 is 0 Å². The van der Waals surface area contributed by atoms with Crippen molar-refractivity contribution in [3.8, 4) is 0 Å². The molecule has 29 heavy (non-hydrogen) atoms. The number of carbonyl (C=O) groups is 1. The summed E-state index contributed by atoms with van der Waals surface area (Å²) in [4.78, 5) is 25.5. The van der Waals surface area contributed by atoms with Gasteiger partial charge < -0.3 is 9.15 Å². The van der Waals surface area contributed by atoms with Gasteiger partial charge in [-0.3, -0.25) is 15.1 Å².